The van der Waals surface area contributed by atoms with Crippen LogP contribution in [0.25, 0.3) is 0 Å². The Balaban J connectivity index is 0. The number of carbonyl (C=O) groups is 1. The van der Waals surface area contributed by atoms with Gasteiger partial charge in [0.25, 0.3) is 0 Å². The van der Waals surface area contributed by atoms with Crippen LogP contribution in [0.2, 0.25) is 0 Å². The highest BCUT2D eigenvalue weighted by molar-refractivity contribution is 5.56. The lowest BCUT2D eigenvalue weighted by atomic mass is 10.0. The van der Waals surface area contributed by atoms with Crippen molar-refractivity contribution < 1.29 is 35.1 Å². The SMILES string of the molecule is CCCCCCCCCCOCCCCCCCCCC.O=C[C@H](O)[C@@H](O)[C@H](O)[C@H](O)CO. The number of aldehydes is 1. The highest BCUT2D eigenvalue weighted by Crippen LogP contribution is 2.10. The van der Waals surface area contributed by atoms with Gasteiger partial charge in [-0.05, 0) is 12.8 Å². The van der Waals surface area contributed by atoms with Crippen LogP contribution < -0.4 is 0 Å². The lowest BCUT2D eigenvalue weighted by Gasteiger charge is -2.22. The second-order valence-electron chi connectivity index (χ2n) is 8.92. The van der Waals surface area contributed by atoms with Gasteiger partial charge in [0.15, 0.2) is 6.29 Å². The molecule has 7 heteroatoms. The summed E-state index contributed by atoms with van der Waals surface area (Å²) < 4.78 is 5.72. The normalized spacial score (nSPS) is 14.8. The molecule has 0 amide bonds. The van der Waals surface area contributed by atoms with Gasteiger partial charge in [0.1, 0.15) is 24.4 Å². The Labute approximate surface area is 202 Å². The standard InChI is InChI=1S/C20H42O.C6H12O6/c1-3-5-7-9-11-13-15-17-19-21-20-18-16-14-12-10-8-6-4-2;7-1-3(9)5(11)6(12)4(10)2-8/h3-20H2,1-2H3;1,3-6,8-12H,2H2/t;3-,4+,5+,6+/m.0/s1. The third-order valence-corrected chi connectivity index (χ3v) is 5.70. The summed E-state index contributed by atoms with van der Waals surface area (Å²) in [5.41, 5.74) is 0. The predicted octanol–water partition coefficient (Wildman–Crippen LogP) is 3.91. The lowest BCUT2D eigenvalue weighted by Crippen LogP contribution is -2.46. The third-order valence-electron chi connectivity index (χ3n) is 5.70. The Morgan fingerprint density at radius 3 is 1.30 bits per heavy atom. The first-order chi connectivity index (χ1) is 16.0. The first-order valence-electron chi connectivity index (χ1n) is 13.3. The van der Waals surface area contributed by atoms with E-state index in [1.807, 2.05) is 0 Å². The first kappa shape index (κ1) is 34.6. The number of unbranched alkanes of at least 4 members (excludes halogenated alkanes) is 14. The molecule has 0 unspecified atom stereocenters. The molecule has 7 nitrogen and oxygen atoms in total. The molecule has 0 spiro atoms. The Morgan fingerprint density at radius 1 is 0.606 bits per heavy atom. The smallest absolute Gasteiger partial charge is 0.151 e. The molecule has 33 heavy (non-hydrogen) atoms. The maximum atomic E-state index is 9.90. The van der Waals surface area contributed by atoms with Crippen molar-refractivity contribution in [1.29, 1.82) is 0 Å². The lowest BCUT2D eigenvalue weighted by molar-refractivity contribution is -0.136. The van der Waals surface area contributed by atoms with Crippen molar-refractivity contribution in [2.75, 3.05) is 19.8 Å². The number of hydrogen-bond acceptors (Lipinski definition) is 7. The molecule has 0 radical (unpaired) electrons. The molecule has 0 fully saturated rings. The summed E-state index contributed by atoms with van der Waals surface area (Å²) in [5, 5.41) is 43.5. The van der Waals surface area contributed by atoms with Crippen molar-refractivity contribution >= 4 is 6.29 Å². The van der Waals surface area contributed by atoms with Gasteiger partial charge in [-0.1, -0.05) is 104 Å². The minimum absolute atomic E-state index is 0.0258. The van der Waals surface area contributed by atoms with Crippen molar-refractivity contribution in [3.05, 3.63) is 0 Å². The Kier molecular flexibility index (Phi) is 29.0. The minimum atomic E-state index is -1.79. The molecule has 0 heterocycles. The zero-order chi connectivity index (χ0) is 25.2. The molecule has 0 aromatic carbocycles. The molecular weight excluding hydrogens is 424 g/mol. The van der Waals surface area contributed by atoms with E-state index in [0.717, 1.165) is 13.2 Å². The fourth-order valence-electron chi connectivity index (χ4n) is 3.40. The molecule has 4 atom stereocenters. The Morgan fingerprint density at radius 2 is 0.970 bits per heavy atom. The van der Waals surface area contributed by atoms with Gasteiger partial charge in [-0.3, -0.25) is 0 Å². The average Bonchev–Trinajstić information content (AvgIpc) is 2.84. The molecule has 0 saturated carbocycles. The van der Waals surface area contributed by atoms with Crippen molar-refractivity contribution in [3.63, 3.8) is 0 Å². The Hall–Kier alpha value is -0.570. The van der Waals surface area contributed by atoms with E-state index in [9.17, 15) is 4.79 Å². The third kappa shape index (κ3) is 24.4. The number of ether oxygens (including phenoxy) is 1. The zero-order valence-electron chi connectivity index (χ0n) is 21.4. The molecule has 0 aliphatic rings. The highest BCUT2D eigenvalue weighted by Gasteiger charge is 2.29. The van der Waals surface area contributed by atoms with Crippen molar-refractivity contribution in [2.24, 2.45) is 0 Å². The van der Waals surface area contributed by atoms with Crippen LogP contribution in [-0.2, 0) is 9.53 Å². The molecule has 0 bridgehead atoms. The molecule has 0 aromatic rings. The molecule has 0 saturated heterocycles. The van der Waals surface area contributed by atoms with E-state index in [1.54, 1.807) is 0 Å². The highest BCUT2D eigenvalue weighted by atomic mass is 16.5. The van der Waals surface area contributed by atoms with Crippen molar-refractivity contribution in [2.45, 2.75) is 141 Å². The van der Waals surface area contributed by atoms with Crippen LogP contribution in [0.3, 0.4) is 0 Å². The van der Waals surface area contributed by atoms with Gasteiger partial charge in [0, 0.05) is 13.2 Å². The Bertz CT molecular complexity index is 364. The molecule has 0 rings (SSSR count). The summed E-state index contributed by atoms with van der Waals surface area (Å²) in [4.78, 5) is 9.90. The van der Waals surface area contributed by atoms with Gasteiger partial charge in [-0.2, -0.15) is 0 Å². The summed E-state index contributed by atoms with van der Waals surface area (Å²) in [6, 6.07) is 0. The van der Waals surface area contributed by atoms with Gasteiger partial charge in [-0.15, -0.1) is 0 Å². The van der Waals surface area contributed by atoms with Gasteiger partial charge >= 0.3 is 0 Å². The van der Waals surface area contributed by atoms with E-state index >= 15 is 0 Å². The number of aliphatic hydroxyl groups excluding tert-OH is 5. The fourth-order valence-corrected chi connectivity index (χ4v) is 3.40. The summed E-state index contributed by atoms with van der Waals surface area (Å²) in [7, 11) is 0. The molecule has 0 aliphatic heterocycles. The summed E-state index contributed by atoms with van der Waals surface area (Å²) in [6.45, 7) is 5.79. The van der Waals surface area contributed by atoms with Gasteiger partial charge in [0.05, 0.1) is 6.61 Å². The topological polar surface area (TPSA) is 127 Å². The maximum absolute atomic E-state index is 9.90. The number of aliphatic hydroxyl groups is 5. The number of carbonyl (C=O) groups excluding carboxylic acids is 1. The minimum Gasteiger partial charge on any atom is -0.394 e. The fraction of sp³-hybridized carbons (Fsp3) is 0.962. The number of rotatable bonds is 23. The zero-order valence-corrected chi connectivity index (χ0v) is 21.4. The second kappa shape index (κ2) is 27.7. The van der Waals surface area contributed by atoms with Gasteiger partial charge in [0.2, 0.25) is 0 Å². The average molecular weight is 479 g/mol. The van der Waals surface area contributed by atoms with Crippen molar-refractivity contribution in [1.82, 2.24) is 0 Å². The molecular formula is C26H54O7. The van der Waals surface area contributed by atoms with E-state index in [4.69, 9.17) is 30.3 Å². The monoisotopic (exact) mass is 478 g/mol. The molecule has 200 valence electrons. The largest absolute Gasteiger partial charge is 0.394 e. The predicted molar refractivity (Wildman–Crippen MR) is 133 cm³/mol. The summed E-state index contributed by atoms with van der Waals surface area (Å²) >= 11 is 0. The van der Waals surface area contributed by atoms with E-state index < -0.39 is 31.0 Å². The van der Waals surface area contributed by atoms with E-state index in [2.05, 4.69) is 13.8 Å². The summed E-state index contributed by atoms with van der Waals surface area (Å²) in [5.74, 6) is 0. The second-order valence-corrected chi connectivity index (χ2v) is 8.92. The van der Waals surface area contributed by atoms with Gasteiger partial charge < -0.3 is 35.1 Å². The maximum Gasteiger partial charge on any atom is 0.151 e. The van der Waals surface area contributed by atoms with Crippen LogP contribution in [0.1, 0.15) is 117 Å². The summed E-state index contributed by atoms with van der Waals surface area (Å²) in [6.07, 6.45) is 15.4. The van der Waals surface area contributed by atoms with E-state index in [1.165, 1.54) is 103 Å². The van der Waals surface area contributed by atoms with Gasteiger partial charge in [-0.25, -0.2) is 0 Å². The van der Waals surface area contributed by atoms with Crippen LogP contribution in [0.15, 0.2) is 0 Å². The first-order valence-corrected chi connectivity index (χ1v) is 13.3. The van der Waals surface area contributed by atoms with E-state index in [-0.39, 0.29) is 6.29 Å². The van der Waals surface area contributed by atoms with Crippen molar-refractivity contribution in [3.8, 4) is 0 Å². The quantitative estimate of drug-likeness (QED) is 0.111. The van der Waals surface area contributed by atoms with Crippen LogP contribution in [0, 0.1) is 0 Å². The van der Waals surface area contributed by atoms with Crippen LogP contribution >= 0.6 is 0 Å². The molecule has 0 aliphatic carbocycles. The number of hydrogen-bond donors (Lipinski definition) is 5. The van der Waals surface area contributed by atoms with E-state index in [0.29, 0.717) is 0 Å². The van der Waals surface area contributed by atoms with Crippen LogP contribution in [0.4, 0.5) is 0 Å². The molecule has 5 N–H and O–H groups in total. The van der Waals surface area contributed by atoms with Crippen LogP contribution in [0.5, 0.6) is 0 Å². The van der Waals surface area contributed by atoms with Crippen LogP contribution in [-0.4, -0.2) is 76.1 Å². The molecule has 0 aromatic heterocycles.